The molecule has 10 nitrogen and oxygen atoms in total. The van der Waals surface area contributed by atoms with Gasteiger partial charge in [-0.05, 0) is 62.3 Å². The van der Waals surface area contributed by atoms with E-state index in [0.717, 1.165) is 12.8 Å². The van der Waals surface area contributed by atoms with Gasteiger partial charge in [0, 0.05) is 24.8 Å². The Morgan fingerprint density at radius 3 is 2.54 bits per heavy atom. The second-order valence-electron chi connectivity index (χ2n) is 9.12. The number of fused-ring (bicyclic) bond motifs is 1. The van der Waals surface area contributed by atoms with Crippen molar-refractivity contribution in [2.45, 2.75) is 48.3 Å². The minimum absolute atomic E-state index is 0.240. The minimum atomic E-state index is -3.43. The maximum Gasteiger partial charge on any atom is 0.250 e. The van der Waals surface area contributed by atoms with Crippen LogP contribution in [-0.2, 0) is 19.4 Å². The van der Waals surface area contributed by atoms with Crippen LogP contribution in [0.2, 0.25) is 0 Å². The Morgan fingerprint density at radius 1 is 1.11 bits per heavy atom. The first-order valence-electron chi connectivity index (χ1n) is 11.7. The van der Waals surface area contributed by atoms with Crippen LogP contribution < -0.4 is 11.1 Å². The number of anilines is 1. The molecule has 1 aliphatic carbocycles. The molecule has 2 aromatic heterocycles. The number of hydrogen-bond donors (Lipinski definition) is 2. The SMILES string of the molecule is NC(=O)c1ccc(NC(=O)[C@H](CC2CCOCC2)n2ncc3c(S(=O)(=O)C4CC4)cccc32)nc1. The van der Waals surface area contributed by atoms with Crippen molar-refractivity contribution in [2.75, 3.05) is 18.5 Å². The molecule has 0 bridgehead atoms. The number of sulfone groups is 1. The first kappa shape index (κ1) is 23.4. The minimum Gasteiger partial charge on any atom is -0.381 e. The fourth-order valence-corrected chi connectivity index (χ4v) is 6.39. The highest BCUT2D eigenvalue weighted by atomic mass is 32.2. The summed E-state index contributed by atoms with van der Waals surface area (Å²) in [6, 6.07) is 7.43. The molecule has 184 valence electrons. The molecule has 0 spiro atoms. The average molecular weight is 498 g/mol. The van der Waals surface area contributed by atoms with Gasteiger partial charge >= 0.3 is 0 Å². The highest BCUT2D eigenvalue weighted by Crippen LogP contribution is 2.37. The normalized spacial score (nSPS) is 17.8. The number of carbonyl (C=O) groups excluding carboxylic acids is 2. The van der Waals surface area contributed by atoms with Crippen molar-refractivity contribution in [1.29, 1.82) is 0 Å². The summed E-state index contributed by atoms with van der Waals surface area (Å²) < 4.78 is 33.1. The van der Waals surface area contributed by atoms with E-state index in [1.54, 1.807) is 22.9 Å². The summed E-state index contributed by atoms with van der Waals surface area (Å²) >= 11 is 0. The number of nitrogens with one attached hydrogen (secondary N) is 1. The van der Waals surface area contributed by atoms with E-state index in [2.05, 4.69) is 15.4 Å². The van der Waals surface area contributed by atoms with E-state index in [4.69, 9.17) is 10.5 Å². The van der Waals surface area contributed by atoms with Crippen LogP contribution >= 0.6 is 0 Å². The van der Waals surface area contributed by atoms with E-state index >= 15 is 0 Å². The van der Waals surface area contributed by atoms with Gasteiger partial charge in [-0.1, -0.05) is 6.07 Å². The molecule has 35 heavy (non-hydrogen) atoms. The highest BCUT2D eigenvalue weighted by Gasteiger charge is 2.38. The van der Waals surface area contributed by atoms with Gasteiger partial charge < -0.3 is 15.8 Å². The van der Waals surface area contributed by atoms with E-state index < -0.39 is 21.8 Å². The Morgan fingerprint density at radius 2 is 1.89 bits per heavy atom. The van der Waals surface area contributed by atoms with Crippen LogP contribution in [0.15, 0.2) is 47.6 Å². The second kappa shape index (κ2) is 9.38. The number of pyridine rings is 1. The van der Waals surface area contributed by atoms with Crippen molar-refractivity contribution in [3.8, 4) is 0 Å². The number of primary amides is 1. The summed E-state index contributed by atoms with van der Waals surface area (Å²) in [5.74, 6) is -0.392. The van der Waals surface area contributed by atoms with Gasteiger partial charge in [0.25, 0.3) is 0 Å². The lowest BCUT2D eigenvalue weighted by molar-refractivity contribution is -0.120. The maximum absolute atomic E-state index is 13.5. The Kier molecular flexibility index (Phi) is 6.28. The van der Waals surface area contributed by atoms with Crippen LogP contribution in [0.5, 0.6) is 0 Å². The number of nitrogens with two attached hydrogens (primary N) is 1. The molecule has 2 aliphatic rings. The molecule has 2 fully saturated rings. The largest absolute Gasteiger partial charge is 0.381 e. The van der Waals surface area contributed by atoms with Gasteiger partial charge in [-0.3, -0.25) is 14.3 Å². The summed E-state index contributed by atoms with van der Waals surface area (Å²) in [7, 11) is -3.43. The summed E-state index contributed by atoms with van der Waals surface area (Å²) in [4.78, 5) is 29.2. The summed E-state index contributed by atoms with van der Waals surface area (Å²) in [6.07, 6.45) is 6.36. The van der Waals surface area contributed by atoms with Crippen molar-refractivity contribution < 1.29 is 22.7 Å². The summed E-state index contributed by atoms with van der Waals surface area (Å²) in [5, 5.41) is 7.49. The number of amides is 2. The van der Waals surface area contributed by atoms with Crippen molar-refractivity contribution in [2.24, 2.45) is 11.7 Å². The number of hydrogen-bond acceptors (Lipinski definition) is 7. The monoisotopic (exact) mass is 497 g/mol. The molecule has 1 aromatic carbocycles. The lowest BCUT2D eigenvalue weighted by Crippen LogP contribution is -2.30. The number of rotatable bonds is 8. The van der Waals surface area contributed by atoms with Gasteiger partial charge in [-0.2, -0.15) is 5.10 Å². The molecule has 3 heterocycles. The molecule has 1 aliphatic heterocycles. The second-order valence-corrected chi connectivity index (χ2v) is 11.3. The number of carbonyl (C=O) groups is 2. The molecule has 2 amide bonds. The van der Waals surface area contributed by atoms with Crippen LogP contribution in [0.4, 0.5) is 5.82 Å². The molecule has 3 aromatic rings. The van der Waals surface area contributed by atoms with Crippen molar-refractivity contribution in [3.63, 3.8) is 0 Å². The molecular weight excluding hydrogens is 470 g/mol. The molecule has 1 atom stereocenters. The van der Waals surface area contributed by atoms with E-state index in [1.165, 1.54) is 24.5 Å². The van der Waals surface area contributed by atoms with Crippen molar-refractivity contribution in [3.05, 3.63) is 48.3 Å². The molecular formula is C24H27N5O5S. The lowest BCUT2D eigenvalue weighted by Gasteiger charge is -2.26. The standard InChI is InChI=1S/C24H27N5O5S/c25-23(30)16-4-7-22(26-13-16)28-24(31)20(12-15-8-10-34-11-9-15)29-19-2-1-3-21(18(19)14-27-29)35(32,33)17-5-6-17/h1-4,7,13-15,17,20H,5-6,8-12H2,(H2,25,30)(H,26,28,31)/t20-/m0/s1. The predicted octanol–water partition coefficient (Wildman–Crippen LogP) is 2.46. The van der Waals surface area contributed by atoms with Gasteiger partial charge in [0.2, 0.25) is 11.8 Å². The van der Waals surface area contributed by atoms with Gasteiger partial charge in [-0.15, -0.1) is 0 Å². The molecule has 5 rings (SSSR count). The Bertz CT molecular complexity index is 1360. The van der Waals surface area contributed by atoms with E-state index in [-0.39, 0.29) is 33.4 Å². The smallest absolute Gasteiger partial charge is 0.250 e. The van der Waals surface area contributed by atoms with Gasteiger partial charge in [0.15, 0.2) is 9.84 Å². The Hall–Kier alpha value is -3.31. The lowest BCUT2D eigenvalue weighted by atomic mass is 9.92. The third-order valence-electron chi connectivity index (χ3n) is 6.67. The number of aromatic nitrogens is 3. The van der Waals surface area contributed by atoms with Crippen LogP contribution in [0.1, 0.15) is 48.5 Å². The molecule has 0 radical (unpaired) electrons. The Balaban J connectivity index is 1.49. The van der Waals surface area contributed by atoms with E-state index in [0.29, 0.717) is 43.4 Å². The fraction of sp³-hybridized carbons (Fsp3) is 0.417. The topological polar surface area (TPSA) is 146 Å². The van der Waals surface area contributed by atoms with Crippen molar-refractivity contribution in [1.82, 2.24) is 14.8 Å². The van der Waals surface area contributed by atoms with Crippen LogP contribution in [-0.4, -0.2) is 53.5 Å². The third kappa shape index (κ3) is 4.78. The van der Waals surface area contributed by atoms with E-state index in [9.17, 15) is 18.0 Å². The molecule has 3 N–H and O–H groups in total. The predicted molar refractivity (Wildman–Crippen MR) is 129 cm³/mol. The number of ether oxygens (including phenoxy) is 1. The first-order valence-corrected chi connectivity index (χ1v) is 13.2. The third-order valence-corrected chi connectivity index (χ3v) is 8.98. The zero-order chi connectivity index (χ0) is 24.6. The van der Waals surface area contributed by atoms with E-state index in [1.807, 2.05) is 0 Å². The molecule has 11 heteroatoms. The summed E-state index contributed by atoms with van der Waals surface area (Å²) in [6.45, 7) is 1.28. The molecule has 1 saturated carbocycles. The summed E-state index contributed by atoms with van der Waals surface area (Å²) in [5.41, 5.74) is 6.10. The number of benzene rings is 1. The first-order chi connectivity index (χ1) is 16.8. The fourth-order valence-electron chi connectivity index (χ4n) is 4.54. The molecule has 1 saturated heterocycles. The Labute approximate surface area is 202 Å². The van der Waals surface area contributed by atoms with Gasteiger partial charge in [-0.25, -0.2) is 13.4 Å². The van der Waals surface area contributed by atoms with Crippen LogP contribution in [0.25, 0.3) is 10.9 Å². The quantitative estimate of drug-likeness (QED) is 0.486. The van der Waals surface area contributed by atoms with Crippen LogP contribution in [0, 0.1) is 5.92 Å². The van der Waals surface area contributed by atoms with Gasteiger partial charge in [0.05, 0.1) is 27.4 Å². The average Bonchev–Trinajstić information content (AvgIpc) is 3.64. The zero-order valence-electron chi connectivity index (χ0n) is 19.1. The zero-order valence-corrected chi connectivity index (χ0v) is 19.9. The maximum atomic E-state index is 13.5. The van der Waals surface area contributed by atoms with Crippen molar-refractivity contribution >= 4 is 38.4 Å². The van der Waals surface area contributed by atoms with Gasteiger partial charge in [0.1, 0.15) is 11.9 Å². The molecule has 0 unspecified atom stereocenters. The highest BCUT2D eigenvalue weighted by molar-refractivity contribution is 7.92. The van der Waals surface area contributed by atoms with Crippen LogP contribution in [0.3, 0.4) is 0 Å². The number of nitrogens with zero attached hydrogens (tertiary/aromatic N) is 3.